The smallest absolute Gasteiger partial charge is 0.329 e. The van der Waals surface area contributed by atoms with Gasteiger partial charge < -0.3 is 9.80 Å². The maximum Gasteiger partial charge on any atom is 0.329 e. The minimum absolute atomic E-state index is 0.0120. The Hall–Kier alpha value is -2.00. The molecule has 0 aliphatic carbocycles. The van der Waals surface area contributed by atoms with Crippen molar-refractivity contribution in [3.63, 3.8) is 0 Å². The van der Waals surface area contributed by atoms with E-state index >= 15 is 0 Å². The first-order chi connectivity index (χ1) is 10.1. The summed E-state index contributed by atoms with van der Waals surface area (Å²) in [5.74, 6) is 0.277. The largest absolute Gasteiger partial charge is 0.347 e. The number of hydrogen-bond acceptors (Lipinski definition) is 8. The Balaban J connectivity index is 1.78. The van der Waals surface area contributed by atoms with Gasteiger partial charge >= 0.3 is 5.69 Å². The van der Waals surface area contributed by atoms with Gasteiger partial charge in [-0.15, -0.1) is 11.3 Å². The average molecular weight is 327 g/mol. The summed E-state index contributed by atoms with van der Waals surface area (Å²) in [6.45, 7) is 2.69. The third-order valence-electron chi connectivity index (χ3n) is 3.19. The molecule has 21 heavy (non-hydrogen) atoms. The number of piperazine rings is 1. The zero-order valence-corrected chi connectivity index (χ0v) is 12.4. The molecule has 0 amide bonds. The fourth-order valence-electron chi connectivity index (χ4n) is 2.19. The lowest BCUT2D eigenvalue weighted by atomic mass is 10.3. The van der Waals surface area contributed by atoms with Gasteiger partial charge in [0.15, 0.2) is 5.13 Å². The predicted octanol–water partition coefficient (Wildman–Crippen LogP) is 1.82. The van der Waals surface area contributed by atoms with Crippen LogP contribution in [0.4, 0.5) is 16.6 Å². The van der Waals surface area contributed by atoms with Gasteiger partial charge in [0.25, 0.3) is 0 Å². The molecule has 0 saturated carbocycles. The number of halogens is 1. The van der Waals surface area contributed by atoms with Gasteiger partial charge in [-0.1, -0.05) is 0 Å². The molecule has 2 aromatic rings. The Morgan fingerprint density at radius 2 is 1.95 bits per heavy atom. The van der Waals surface area contributed by atoms with Crippen LogP contribution in [0.1, 0.15) is 0 Å². The molecule has 110 valence electrons. The molecule has 8 nitrogen and oxygen atoms in total. The highest BCUT2D eigenvalue weighted by molar-refractivity contribution is 7.13. The number of thiazole rings is 1. The first-order valence-electron chi connectivity index (χ1n) is 6.21. The first kappa shape index (κ1) is 14.0. The third-order valence-corrected chi connectivity index (χ3v) is 4.20. The summed E-state index contributed by atoms with van der Waals surface area (Å²) < 4.78 is 0. The second-order valence-corrected chi connectivity index (χ2v) is 5.60. The molecular formula is C11H11ClN6O2S. The molecule has 1 fully saturated rings. The van der Waals surface area contributed by atoms with Gasteiger partial charge in [-0.3, -0.25) is 10.1 Å². The van der Waals surface area contributed by atoms with Crippen LogP contribution in [-0.4, -0.2) is 46.1 Å². The van der Waals surface area contributed by atoms with Gasteiger partial charge in [-0.05, 0) is 11.6 Å². The summed E-state index contributed by atoms with van der Waals surface area (Å²) in [6, 6.07) is 0. The summed E-state index contributed by atoms with van der Waals surface area (Å²) in [4.78, 5) is 26.5. The van der Waals surface area contributed by atoms with E-state index in [4.69, 9.17) is 11.6 Å². The Morgan fingerprint density at radius 1 is 1.24 bits per heavy atom. The Labute approximate surface area is 129 Å². The number of hydrogen-bond donors (Lipinski definition) is 0. The molecule has 0 bridgehead atoms. The number of rotatable bonds is 3. The number of nitro groups is 1. The van der Waals surface area contributed by atoms with Crippen molar-refractivity contribution in [2.24, 2.45) is 0 Å². The number of anilines is 2. The van der Waals surface area contributed by atoms with Crippen molar-refractivity contribution in [1.29, 1.82) is 0 Å². The van der Waals surface area contributed by atoms with Crippen molar-refractivity contribution in [3.8, 4) is 0 Å². The highest BCUT2D eigenvalue weighted by atomic mass is 35.5. The number of aromatic nitrogens is 3. The maximum atomic E-state index is 11.1. The van der Waals surface area contributed by atoms with Gasteiger partial charge in [0.05, 0.1) is 4.92 Å². The second kappa shape index (κ2) is 5.78. The molecule has 0 spiro atoms. The Bertz CT molecular complexity index is 644. The van der Waals surface area contributed by atoms with Gasteiger partial charge in [0.2, 0.25) is 11.1 Å². The lowest BCUT2D eigenvalue weighted by Crippen LogP contribution is -2.47. The molecule has 0 aromatic carbocycles. The van der Waals surface area contributed by atoms with E-state index in [1.54, 1.807) is 17.5 Å². The molecule has 0 radical (unpaired) electrons. The van der Waals surface area contributed by atoms with Crippen molar-refractivity contribution in [2.75, 3.05) is 36.0 Å². The monoisotopic (exact) mass is 326 g/mol. The van der Waals surface area contributed by atoms with Gasteiger partial charge in [0, 0.05) is 37.8 Å². The SMILES string of the molecule is O=[N+]([O-])c1cnc(Cl)nc1N1CCN(c2nccs2)CC1. The minimum Gasteiger partial charge on any atom is -0.347 e. The molecule has 0 atom stereocenters. The van der Waals surface area contributed by atoms with Crippen LogP contribution in [0.5, 0.6) is 0 Å². The second-order valence-electron chi connectivity index (χ2n) is 4.39. The van der Waals surface area contributed by atoms with Crippen LogP contribution in [0.2, 0.25) is 5.28 Å². The molecule has 10 heteroatoms. The van der Waals surface area contributed by atoms with E-state index in [0.29, 0.717) is 13.1 Å². The van der Waals surface area contributed by atoms with Crippen LogP contribution in [-0.2, 0) is 0 Å². The molecule has 1 aliphatic rings. The highest BCUT2D eigenvalue weighted by Gasteiger charge is 2.26. The standard InChI is InChI=1S/C11H11ClN6O2S/c12-10-14-7-8(18(19)20)9(15-10)16-2-4-17(5-3-16)11-13-1-6-21-11/h1,6-7H,2-5H2. The van der Waals surface area contributed by atoms with Crippen molar-refractivity contribution in [2.45, 2.75) is 0 Å². The quantitative estimate of drug-likeness (QED) is 0.483. The summed E-state index contributed by atoms with van der Waals surface area (Å²) in [6.07, 6.45) is 2.92. The van der Waals surface area contributed by atoms with Crippen LogP contribution in [0.15, 0.2) is 17.8 Å². The van der Waals surface area contributed by atoms with Crippen LogP contribution < -0.4 is 9.80 Å². The molecule has 1 aliphatic heterocycles. The fourth-order valence-corrected chi connectivity index (χ4v) is 3.01. The molecule has 0 N–H and O–H groups in total. The average Bonchev–Trinajstić information content (AvgIpc) is 3.01. The lowest BCUT2D eigenvalue weighted by Gasteiger charge is -2.34. The van der Waals surface area contributed by atoms with E-state index in [9.17, 15) is 10.1 Å². The Morgan fingerprint density at radius 3 is 2.57 bits per heavy atom. The summed E-state index contributed by atoms with van der Waals surface area (Å²) in [5, 5.41) is 14.0. The van der Waals surface area contributed by atoms with Crippen LogP contribution in [0.3, 0.4) is 0 Å². The van der Waals surface area contributed by atoms with Crippen molar-refractivity contribution < 1.29 is 4.92 Å². The van der Waals surface area contributed by atoms with Gasteiger partial charge in [0.1, 0.15) is 6.20 Å². The molecule has 3 heterocycles. The summed E-state index contributed by atoms with van der Waals surface area (Å²) >= 11 is 7.34. The first-order valence-corrected chi connectivity index (χ1v) is 7.47. The van der Waals surface area contributed by atoms with Crippen molar-refractivity contribution in [1.82, 2.24) is 15.0 Å². The van der Waals surface area contributed by atoms with Crippen molar-refractivity contribution >= 4 is 39.6 Å². The van der Waals surface area contributed by atoms with E-state index in [1.807, 2.05) is 10.3 Å². The van der Waals surface area contributed by atoms with Crippen molar-refractivity contribution in [3.05, 3.63) is 33.2 Å². The molecular weight excluding hydrogens is 316 g/mol. The summed E-state index contributed by atoms with van der Waals surface area (Å²) in [5.41, 5.74) is -0.123. The van der Waals surface area contributed by atoms with E-state index in [0.717, 1.165) is 24.4 Å². The van der Waals surface area contributed by atoms with E-state index in [-0.39, 0.29) is 16.8 Å². The zero-order chi connectivity index (χ0) is 14.8. The van der Waals surface area contributed by atoms with Crippen LogP contribution in [0.25, 0.3) is 0 Å². The van der Waals surface area contributed by atoms with Crippen LogP contribution >= 0.6 is 22.9 Å². The summed E-state index contributed by atoms with van der Waals surface area (Å²) in [7, 11) is 0. The third kappa shape index (κ3) is 2.88. The van der Waals surface area contributed by atoms with E-state index in [2.05, 4.69) is 19.9 Å². The molecule has 3 rings (SSSR count). The zero-order valence-electron chi connectivity index (χ0n) is 10.8. The molecule has 1 saturated heterocycles. The minimum atomic E-state index is -0.487. The molecule has 0 unspecified atom stereocenters. The van der Waals surface area contributed by atoms with Crippen LogP contribution in [0, 0.1) is 10.1 Å². The number of nitrogens with zero attached hydrogens (tertiary/aromatic N) is 6. The predicted molar refractivity (Wildman–Crippen MR) is 80.2 cm³/mol. The molecule has 2 aromatic heterocycles. The van der Waals surface area contributed by atoms with Gasteiger partial charge in [-0.25, -0.2) is 9.97 Å². The Kier molecular flexibility index (Phi) is 3.84. The maximum absolute atomic E-state index is 11.1. The van der Waals surface area contributed by atoms with E-state index in [1.165, 1.54) is 0 Å². The highest BCUT2D eigenvalue weighted by Crippen LogP contribution is 2.28. The topological polar surface area (TPSA) is 88.3 Å². The van der Waals surface area contributed by atoms with Gasteiger partial charge in [-0.2, -0.15) is 4.98 Å². The normalized spacial score (nSPS) is 15.3. The lowest BCUT2D eigenvalue weighted by molar-refractivity contribution is -0.384. The fraction of sp³-hybridized carbons (Fsp3) is 0.364. The van der Waals surface area contributed by atoms with E-state index < -0.39 is 4.92 Å².